The molecule has 0 aromatic heterocycles. The molecule has 0 saturated carbocycles. The van der Waals surface area contributed by atoms with Gasteiger partial charge >= 0.3 is 6.18 Å². The minimum absolute atomic E-state index is 0.524. The number of halogens is 4. The van der Waals surface area contributed by atoms with E-state index in [9.17, 15) is 17.6 Å². The Labute approximate surface area is 71.6 Å². The van der Waals surface area contributed by atoms with Crippen molar-refractivity contribution in [3.8, 4) is 0 Å². The molecule has 1 radical (unpaired) electrons. The van der Waals surface area contributed by atoms with E-state index in [4.69, 9.17) is 5.11 Å². The van der Waals surface area contributed by atoms with Crippen molar-refractivity contribution in [1.29, 1.82) is 0 Å². The highest BCUT2D eigenvalue weighted by molar-refractivity contribution is 5.19. The standard InChI is InChI=1S/C8H5F4O/c9-6-3-1-2-5(4-6)7(13)8(10,11)12/h1-2,4,7,13H. The van der Waals surface area contributed by atoms with Crippen LogP contribution in [0.15, 0.2) is 18.2 Å². The molecule has 0 heterocycles. The van der Waals surface area contributed by atoms with Gasteiger partial charge in [0.2, 0.25) is 0 Å². The molecule has 0 aliphatic heterocycles. The van der Waals surface area contributed by atoms with Crippen LogP contribution in [0.2, 0.25) is 0 Å². The lowest BCUT2D eigenvalue weighted by atomic mass is 10.1. The topological polar surface area (TPSA) is 20.2 Å². The molecule has 1 nitrogen and oxygen atoms in total. The van der Waals surface area contributed by atoms with E-state index in [2.05, 4.69) is 0 Å². The number of hydrogen-bond donors (Lipinski definition) is 1. The molecule has 0 aliphatic rings. The monoisotopic (exact) mass is 193 g/mol. The lowest BCUT2D eigenvalue weighted by Crippen LogP contribution is -2.20. The van der Waals surface area contributed by atoms with Crippen LogP contribution in [0.5, 0.6) is 0 Å². The van der Waals surface area contributed by atoms with Crippen molar-refractivity contribution in [1.82, 2.24) is 0 Å². The van der Waals surface area contributed by atoms with Crippen molar-refractivity contribution in [3.63, 3.8) is 0 Å². The minimum Gasteiger partial charge on any atom is -0.379 e. The number of hydrogen-bond acceptors (Lipinski definition) is 1. The number of alkyl halides is 3. The quantitative estimate of drug-likeness (QED) is 0.678. The zero-order chi connectivity index (χ0) is 10.1. The first-order valence-electron chi connectivity index (χ1n) is 3.33. The normalized spacial score (nSPS) is 14.2. The predicted molar refractivity (Wildman–Crippen MR) is 36.3 cm³/mol. The summed E-state index contributed by atoms with van der Waals surface area (Å²) in [5.41, 5.74) is -0.524. The summed E-state index contributed by atoms with van der Waals surface area (Å²) in [6, 6.07) is 4.57. The van der Waals surface area contributed by atoms with Crippen molar-refractivity contribution in [2.45, 2.75) is 12.3 Å². The number of benzene rings is 1. The van der Waals surface area contributed by atoms with Crippen molar-refractivity contribution in [2.75, 3.05) is 0 Å². The zero-order valence-corrected chi connectivity index (χ0v) is 6.27. The first kappa shape index (κ1) is 9.98. The third-order valence-corrected chi connectivity index (χ3v) is 1.42. The molecular weight excluding hydrogens is 188 g/mol. The van der Waals surface area contributed by atoms with Crippen LogP contribution in [-0.2, 0) is 0 Å². The molecule has 0 bridgehead atoms. The van der Waals surface area contributed by atoms with E-state index in [1.54, 1.807) is 0 Å². The summed E-state index contributed by atoms with van der Waals surface area (Å²) in [6.45, 7) is 0. The van der Waals surface area contributed by atoms with Crippen LogP contribution in [0.3, 0.4) is 0 Å². The SMILES string of the molecule is OC(c1cc[c]c(F)c1)C(F)(F)F. The molecule has 71 valence electrons. The second-order valence-electron chi connectivity index (χ2n) is 2.41. The number of rotatable bonds is 1. The fourth-order valence-electron chi connectivity index (χ4n) is 0.813. The van der Waals surface area contributed by atoms with Crippen LogP contribution in [0, 0.1) is 11.9 Å². The van der Waals surface area contributed by atoms with Gasteiger partial charge in [-0.2, -0.15) is 13.2 Å². The van der Waals surface area contributed by atoms with Gasteiger partial charge in [-0.05, 0) is 11.6 Å². The Morgan fingerprint density at radius 3 is 2.46 bits per heavy atom. The molecular formula is C8H5F4O. The molecule has 0 spiro atoms. The van der Waals surface area contributed by atoms with Crippen LogP contribution in [0.25, 0.3) is 0 Å². The van der Waals surface area contributed by atoms with Crippen LogP contribution in [-0.4, -0.2) is 11.3 Å². The summed E-state index contributed by atoms with van der Waals surface area (Å²) in [7, 11) is 0. The average Bonchev–Trinajstić information content (AvgIpc) is 2.01. The van der Waals surface area contributed by atoms with Gasteiger partial charge in [-0.15, -0.1) is 0 Å². The molecule has 1 N–H and O–H groups in total. The summed E-state index contributed by atoms with van der Waals surface area (Å²) < 4.78 is 48.0. The Hall–Kier alpha value is -1.10. The second-order valence-corrected chi connectivity index (χ2v) is 2.41. The summed E-state index contributed by atoms with van der Waals surface area (Å²) in [5, 5.41) is 8.68. The Balaban J connectivity index is 2.96. The molecule has 1 rings (SSSR count). The van der Waals surface area contributed by atoms with E-state index in [1.807, 2.05) is 6.07 Å². The van der Waals surface area contributed by atoms with Gasteiger partial charge in [-0.25, -0.2) is 4.39 Å². The molecule has 0 aliphatic carbocycles. The molecule has 13 heavy (non-hydrogen) atoms. The second kappa shape index (κ2) is 3.33. The molecule has 1 unspecified atom stereocenters. The van der Waals surface area contributed by atoms with E-state index in [0.717, 1.165) is 12.1 Å². The first-order chi connectivity index (χ1) is 5.91. The van der Waals surface area contributed by atoms with E-state index < -0.39 is 23.7 Å². The summed E-state index contributed by atoms with van der Waals surface area (Å²) in [5.74, 6) is -0.930. The highest BCUT2D eigenvalue weighted by Gasteiger charge is 2.39. The van der Waals surface area contributed by atoms with Crippen LogP contribution in [0.4, 0.5) is 17.6 Å². The molecule has 0 amide bonds. The van der Waals surface area contributed by atoms with Gasteiger partial charge in [0.1, 0.15) is 5.82 Å². The minimum atomic E-state index is -4.77. The summed E-state index contributed by atoms with van der Waals surface area (Å²) in [4.78, 5) is 0. The molecule has 5 heteroatoms. The average molecular weight is 193 g/mol. The van der Waals surface area contributed by atoms with Crippen LogP contribution < -0.4 is 0 Å². The molecule has 1 aromatic rings. The summed E-state index contributed by atoms with van der Waals surface area (Å²) >= 11 is 0. The van der Waals surface area contributed by atoms with E-state index in [-0.39, 0.29) is 0 Å². The van der Waals surface area contributed by atoms with Crippen molar-refractivity contribution in [3.05, 3.63) is 35.6 Å². The zero-order valence-electron chi connectivity index (χ0n) is 6.27. The number of aliphatic hydroxyl groups is 1. The van der Waals surface area contributed by atoms with Gasteiger partial charge in [-0.3, -0.25) is 0 Å². The van der Waals surface area contributed by atoms with Crippen LogP contribution in [0.1, 0.15) is 11.7 Å². The van der Waals surface area contributed by atoms with Crippen molar-refractivity contribution < 1.29 is 22.7 Å². The van der Waals surface area contributed by atoms with Crippen LogP contribution >= 0.6 is 0 Å². The van der Waals surface area contributed by atoms with Gasteiger partial charge in [0.05, 0.1) is 0 Å². The Morgan fingerprint density at radius 2 is 2.00 bits per heavy atom. The van der Waals surface area contributed by atoms with Gasteiger partial charge in [0.15, 0.2) is 6.10 Å². The molecule has 0 fully saturated rings. The lowest BCUT2D eigenvalue weighted by molar-refractivity contribution is -0.206. The smallest absolute Gasteiger partial charge is 0.379 e. The molecule has 1 atom stereocenters. The maximum Gasteiger partial charge on any atom is 0.418 e. The first-order valence-corrected chi connectivity index (χ1v) is 3.33. The maximum absolute atomic E-state index is 12.4. The van der Waals surface area contributed by atoms with E-state index in [0.29, 0.717) is 6.07 Å². The Bertz CT molecular complexity index is 294. The van der Waals surface area contributed by atoms with Gasteiger partial charge in [-0.1, -0.05) is 12.1 Å². The predicted octanol–water partition coefficient (Wildman–Crippen LogP) is 2.22. The molecule has 0 saturated heterocycles. The third-order valence-electron chi connectivity index (χ3n) is 1.42. The van der Waals surface area contributed by atoms with Gasteiger partial charge < -0.3 is 5.11 Å². The third kappa shape index (κ3) is 2.42. The van der Waals surface area contributed by atoms with Gasteiger partial charge in [0.25, 0.3) is 0 Å². The highest BCUT2D eigenvalue weighted by atomic mass is 19.4. The fraction of sp³-hybridized carbons (Fsp3) is 0.250. The van der Waals surface area contributed by atoms with Crippen molar-refractivity contribution >= 4 is 0 Å². The lowest BCUT2D eigenvalue weighted by Gasteiger charge is -2.14. The Morgan fingerprint density at radius 1 is 1.38 bits per heavy atom. The fourth-order valence-corrected chi connectivity index (χ4v) is 0.813. The Kier molecular flexibility index (Phi) is 2.56. The highest BCUT2D eigenvalue weighted by Crippen LogP contribution is 2.32. The maximum atomic E-state index is 12.4. The summed E-state index contributed by atoms with van der Waals surface area (Å²) in [6.07, 6.45) is -7.41. The van der Waals surface area contributed by atoms with Crippen molar-refractivity contribution in [2.24, 2.45) is 0 Å². The van der Waals surface area contributed by atoms with Gasteiger partial charge in [0, 0.05) is 6.07 Å². The van der Waals surface area contributed by atoms with E-state index >= 15 is 0 Å². The van der Waals surface area contributed by atoms with E-state index in [1.165, 1.54) is 0 Å². The number of aliphatic hydroxyl groups excluding tert-OH is 1. The largest absolute Gasteiger partial charge is 0.418 e. The molecule has 1 aromatic carbocycles.